The van der Waals surface area contributed by atoms with Gasteiger partial charge in [-0.05, 0) is 18.2 Å². The van der Waals surface area contributed by atoms with E-state index in [1.807, 2.05) is 52.3 Å². The second kappa shape index (κ2) is 7.92. The minimum Gasteiger partial charge on any atom is -0.365 e. The number of nitrogens with zero attached hydrogens (tertiary/aromatic N) is 4. The summed E-state index contributed by atoms with van der Waals surface area (Å²) in [5, 5.41) is 5.36. The van der Waals surface area contributed by atoms with Gasteiger partial charge in [-0.3, -0.25) is 9.59 Å². The fourth-order valence-corrected chi connectivity index (χ4v) is 4.22. The van der Waals surface area contributed by atoms with E-state index in [0.717, 1.165) is 10.9 Å². The lowest BCUT2D eigenvalue weighted by molar-refractivity contribution is 0.0749. The zero-order valence-electron chi connectivity index (χ0n) is 16.7. The van der Waals surface area contributed by atoms with Crippen molar-refractivity contribution in [3.8, 4) is 5.69 Å². The molecule has 7 nitrogen and oxygen atoms in total. The van der Waals surface area contributed by atoms with E-state index in [-0.39, 0.29) is 16.5 Å². The van der Waals surface area contributed by atoms with Gasteiger partial charge in [-0.1, -0.05) is 48.0 Å². The van der Waals surface area contributed by atoms with Crippen LogP contribution in [-0.2, 0) is 0 Å². The van der Waals surface area contributed by atoms with Gasteiger partial charge in [-0.15, -0.1) is 0 Å². The number of hydrogen-bond acceptors (Lipinski definition) is 4. The minimum absolute atomic E-state index is 0.000756. The third-order valence-corrected chi connectivity index (χ3v) is 5.98. The summed E-state index contributed by atoms with van der Waals surface area (Å²) >= 11 is 6.43. The second-order valence-electron chi connectivity index (χ2n) is 7.42. The highest BCUT2D eigenvalue weighted by Crippen LogP contribution is 2.25. The Balaban J connectivity index is 1.33. The first kappa shape index (κ1) is 19.4. The Bertz CT molecular complexity index is 1310. The van der Waals surface area contributed by atoms with Crippen LogP contribution in [0.15, 0.2) is 71.8 Å². The molecule has 0 radical (unpaired) electrons. The van der Waals surface area contributed by atoms with Crippen molar-refractivity contribution in [2.24, 2.45) is 0 Å². The van der Waals surface area contributed by atoms with Gasteiger partial charge >= 0.3 is 0 Å². The number of carbonyl (C=O) groups is 1. The molecule has 3 heterocycles. The van der Waals surface area contributed by atoms with Crippen molar-refractivity contribution in [1.29, 1.82) is 0 Å². The van der Waals surface area contributed by atoms with E-state index in [9.17, 15) is 9.59 Å². The van der Waals surface area contributed by atoms with Crippen LogP contribution in [0.1, 0.15) is 10.4 Å². The maximum absolute atomic E-state index is 13.0. The number of halogens is 1. The van der Waals surface area contributed by atoms with Crippen LogP contribution in [0.4, 0.5) is 5.69 Å². The summed E-state index contributed by atoms with van der Waals surface area (Å²) in [6.07, 6.45) is 3.39. The highest BCUT2D eigenvalue weighted by Gasteiger charge is 2.26. The first-order valence-corrected chi connectivity index (χ1v) is 10.4. The fraction of sp³-hybridized carbons (Fsp3) is 0.174. The lowest BCUT2D eigenvalue weighted by atomic mass is 10.1. The molecule has 0 aliphatic carbocycles. The number of benzene rings is 2. The third-order valence-electron chi connectivity index (χ3n) is 5.63. The van der Waals surface area contributed by atoms with Crippen LogP contribution in [0.3, 0.4) is 0 Å². The third kappa shape index (κ3) is 3.47. The molecular formula is C23H20ClN5O2. The summed E-state index contributed by atoms with van der Waals surface area (Å²) in [5.41, 5.74) is 2.52. The van der Waals surface area contributed by atoms with Gasteiger partial charge in [-0.25, -0.2) is 0 Å². The van der Waals surface area contributed by atoms with Crippen LogP contribution in [0.2, 0.25) is 5.02 Å². The summed E-state index contributed by atoms with van der Waals surface area (Å²) in [7, 11) is 0. The molecule has 0 bridgehead atoms. The predicted octanol–water partition coefficient (Wildman–Crippen LogP) is 3.33. The van der Waals surface area contributed by atoms with Gasteiger partial charge in [0, 0.05) is 43.3 Å². The van der Waals surface area contributed by atoms with Crippen molar-refractivity contribution in [1.82, 2.24) is 19.7 Å². The van der Waals surface area contributed by atoms with E-state index in [2.05, 4.69) is 10.1 Å². The second-order valence-corrected chi connectivity index (χ2v) is 7.80. The first-order chi connectivity index (χ1) is 15.1. The molecule has 0 atom stereocenters. The number of anilines is 1. The molecule has 0 saturated carbocycles. The standard InChI is InChI=1S/C23H20ClN5O2/c24-21-20(15-26-29(23(21)31)16-6-2-1-3-7-16)27-10-12-28(13-11-27)22(30)18-14-25-19-9-5-4-8-17(18)19/h1-9,14-15,25H,10-13H2. The number of H-pyrrole nitrogens is 1. The molecule has 1 aliphatic heterocycles. The lowest BCUT2D eigenvalue weighted by Gasteiger charge is -2.36. The number of amides is 1. The van der Waals surface area contributed by atoms with Crippen molar-refractivity contribution in [2.75, 3.05) is 31.1 Å². The molecule has 8 heteroatoms. The Morgan fingerprint density at radius 3 is 2.45 bits per heavy atom. The molecule has 1 saturated heterocycles. The van der Waals surface area contributed by atoms with Crippen LogP contribution in [0.25, 0.3) is 16.6 Å². The van der Waals surface area contributed by atoms with E-state index in [1.165, 1.54) is 4.68 Å². The van der Waals surface area contributed by atoms with E-state index in [1.54, 1.807) is 24.5 Å². The van der Waals surface area contributed by atoms with E-state index >= 15 is 0 Å². The van der Waals surface area contributed by atoms with Crippen LogP contribution >= 0.6 is 11.6 Å². The molecule has 156 valence electrons. The molecule has 5 rings (SSSR count). The smallest absolute Gasteiger partial charge is 0.292 e. The number of nitrogens with one attached hydrogen (secondary N) is 1. The highest BCUT2D eigenvalue weighted by atomic mass is 35.5. The molecular weight excluding hydrogens is 414 g/mol. The van der Waals surface area contributed by atoms with Gasteiger partial charge in [0.1, 0.15) is 5.02 Å². The molecule has 0 unspecified atom stereocenters. The van der Waals surface area contributed by atoms with Crippen molar-refractivity contribution in [3.63, 3.8) is 0 Å². The fourth-order valence-electron chi connectivity index (χ4n) is 3.97. The van der Waals surface area contributed by atoms with Crippen molar-refractivity contribution in [3.05, 3.63) is 87.9 Å². The Kier molecular flexibility index (Phi) is 4.95. The number of rotatable bonds is 3. The molecule has 0 spiro atoms. The molecule has 2 aromatic carbocycles. The maximum atomic E-state index is 13.0. The van der Waals surface area contributed by atoms with E-state index in [4.69, 9.17) is 11.6 Å². The van der Waals surface area contributed by atoms with Gasteiger partial charge in [0.15, 0.2) is 0 Å². The Morgan fingerprint density at radius 2 is 1.68 bits per heavy atom. The van der Waals surface area contributed by atoms with Crippen LogP contribution < -0.4 is 10.5 Å². The van der Waals surface area contributed by atoms with Gasteiger partial charge in [0.25, 0.3) is 11.5 Å². The van der Waals surface area contributed by atoms with Crippen LogP contribution in [0, 0.1) is 0 Å². The molecule has 1 N–H and O–H groups in total. The monoisotopic (exact) mass is 433 g/mol. The number of hydrogen-bond donors (Lipinski definition) is 1. The quantitative estimate of drug-likeness (QED) is 0.537. The average Bonchev–Trinajstić information content (AvgIpc) is 3.25. The minimum atomic E-state index is -0.359. The zero-order chi connectivity index (χ0) is 21.4. The van der Waals surface area contributed by atoms with Gasteiger partial charge in [0.05, 0.1) is 23.1 Å². The summed E-state index contributed by atoms with van der Waals surface area (Å²) in [5.74, 6) is 0.000756. The van der Waals surface area contributed by atoms with Crippen molar-refractivity contribution >= 4 is 34.1 Å². The summed E-state index contributed by atoms with van der Waals surface area (Å²) in [4.78, 5) is 32.8. The number of piperazine rings is 1. The predicted molar refractivity (Wildman–Crippen MR) is 121 cm³/mol. The molecule has 1 fully saturated rings. The van der Waals surface area contributed by atoms with Crippen LogP contribution in [0.5, 0.6) is 0 Å². The average molecular weight is 434 g/mol. The maximum Gasteiger partial charge on any atom is 0.292 e. The SMILES string of the molecule is O=C(c1c[nH]c2ccccc12)N1CCN(c2cnn(-c3ccccc3)c(=O)c2Cl)CC1. The van der Waals surface area contributed by atoms with E-state index in [0.29, 0.717) is 43.1 Å². The molecule has 1 aliphatic rings. The number of carbonyl (C=O) groups excluding carboxylic acids is 1. The topological polar surface area (TPSA) is 74.2 Å². The summed E-state index contributed by atoms with van der Waals surface area (Å²) in [6, 6.07) is 16.9. The summed E-state index contributed by atoms with van der Waals surface area (Å²) < 4.78 is 1.29. The molecule has 2 aromatic heterocycles. The Morgan fingerprint density at radius 1 is 0.968 bits per heavy atom. The number of aromatic nitrogens is 3. The Labute approximate surface area is 183 Å². The number of aromatic amines is 1. The molecule has 1 amide bonds. The lowest BCUT2D eigenvalue weighted by Crippen LogP contribution is -2.49. The normalized spacial score (nSPS) is 14.2. The van der Waals surface area contributed by atoms with Crippen molar-refractivity contribution in [2.45, 2.75) is 0 Å². The molecule has 31 heavy (non-hydrogen) atoms. The highest BCUT2D eigenvalue weighted by molar-refractivity contribution is 6.33. The van der Waals surface area contributed by atoms with E-state index < -0.39 is 0 Å². The van der Waals surface area contributed by atoms with Crippen molar-refractivity contribution < 1.29 is 4.79 Å². The van der Waals surface area contributed by atoms with Gasteiger partial charge in [-0.2, -0.15) is 9.78 Å². The van der Waals surface area contributed by atoms with Crippen LogP contribution in [-0.4, -0.2) is 51.8 Å². The largest absolute Gasteiger partial charge is 0.365 e. The first-order valence-electron chi connectivity index (χ1n) is 10.1. The summed E-state index contributed by atoms with van der Waals surface area (Å²) in [6.45, 7) is 2.22. The zero-order valence-corrected chi connectivity index (χ0v) is 17.4. The number of para-hydroxylation sites is 2. The Hall–Kier alpha value is -3.58. The number of fused-ring (bicyclic) bond motifs is 1. The molecule has 4 aromatic rings. The van der Waals surface area contributed by atoms with Gasteiger partial charge < -0.3 is 14.8 Å². The van der Waals surface area contributed by atoms with Gasteiger partial charge in [0.2, 0.25) is 0 Å².